The van der Waals surface area contributed by atoms with Crippen LogP contribution in [0.5, 0.6) is 11.5 Å². The fourth-order valence-electron chi connectivity index (χ4n) is 2.28. The van der Waals surface area contributed by atoms with Crippen LogP contribution in [0.2, 0.25) is 5.02 Å². The molecule has 11 heteroatoms. The predicted octanol–water partition coefficient (Wildman–Crippen LogP) is 2.50. The molecule has 0 spiro atoms. The number of hydrogen-bond acceptors (Lipinski definition) is 8. The van der Waals surface area contributed by atoms with Gasteiger partial charge in [-0.15, -0.1) is 0 Å². The monoisotopic (exact) mass is 435 g/mol. The molecule has 30 heavy (non-hydrogen) atoms. The predicted molar refractivity (Wildman–Crippen MR) is 108 cm³/mol. The molecule has 0 unspecified atom stereocenters. The maximum absolute atomic E-state index is 12.0. The summed E-state index contributed by atoms with van der Waals surface area (Å²) in [5.74, 6) is -0.542. The Labute approximate surface area is 176 Å². The van der Waals surface area contributed by atoms with Crippen molar-refractivity contribution in [2.45, 2.75) is 6.42 Å². The van der Waals surface area contributed by atoms with Crippen LogP contribution in [-0.4, -0.2) is 43.8 Å². The van der Waals surface area contributed by atoms with Crippen molar-refractivity contribution in [2.24, 2.45) is 5.10 Å². The van der Waals surface area contributed by atoms with E-state index in [-0.39, 0.29) is 35.2 Å². The first-order valence-electron chi connectivity index (χ1n) is 8.46. The van der Waals surface area contributed by atoms with E-state index in [0.717, 1.165) is 0 Å². The fraction of sp³-hybridized carbons (Fsp3) is 0.211. The molecule has 2 aromatic carbocycles. The van der Waals surface area contributed by atoms with Crippen molar-refractivity contribution in [1.29, 1.82) is 0 Å². The van der Waals surface area contributed by atoms with Gasteiger partial charge in [-0.25, -0.2) is 10.2 Å². The Bertz CT molecular complexity index is 961. The number of esters is 1. The van der Waals surface area contributed by atoms with Gasteiger partial charge in [0, 0.05) is 12.1 Å². The van der Waals surface area contributed by atoms with E-state index in [0.29, 0.717) is 11.1 Å². The number of non-ortho nitro benzene ring substituents is 1. The topological polar surface area (TPSA) is 129 Å². The van der Waals surface area contributed by atoms with Gasteiger partial charge >= 0.3 is 5.97 Å². The van der Waals surface area contributed by atoms with E-state index < -0.39 is 16.8 Å². The second-order valence-corrected chi connectivity index (χ2v) is 6.20. The average molecular weight is 436 g/mol. The summed E-state index contributed by atoms with van der Waals surface area (Å²) in [5.41, 5.74) is 3.42. The van der Waals surface area contributed by atoms with Crippen LogP contribution in [0.25, 0.3) is 0 Å². The zero-order valence-corrected chi connectivity index (χ0v) is 16.8. The molecule has 0 aliphatic rings. The molecule has 0 radical (unpaired) electrons. The minimum Gasteiger partial charge on any atom is -0.493 e. The van der Waals surface area contributed by atoms with Crippen LogP contribution >= 0.6 is 11.6 Å². The van der Waals surface area contributed by atoms with Crippen molar-refractivity contribution in [2.75, 3.05) is 20.8 Å². The van der Waals surface area contributed by atoms with Crippen LogP contribution in [0.3, 0.4) is 0 Å². The first-order valence-corrected chi connectivity index (χ1v) is 8.84. The summed E-state index contributed by atoms with van der Waals surface area (Å²) in [6.45, 7) is -0.335. The van der Waals surface area contributed by atoms with Gasteiger partial charge in [0.05, 0.1) is 36.8 Å². The molecule has 0 aromatic heterocycles. The zero-order chi connectivity index (χ0) is 22.1. The highest BCUT2D eigenvalue weighted by Gasteiger charge is 2.14. The van der Waals surface area contributed by atoms with Gasteiger partial charge in [-0.3, -0.25) is 14.9 Å². The maximum Gasteiger partial charge on any atom is 0.343 e. The van der Waals surface area contributed by atoms with Gasteiger partial charge in [-0.05, 0) is 23.3 Å². The zero-order valence-electron chi connectivity index (χ0n) is 16.1. The van der Waals surface area contributed by atoms with E-state index >= 15 is 0 Å². The Kier molecular flexibility index (Phi) is 8.12. The fourth-order valence-corrected chi connectivity index (χ4v) is 2.56. The molecule has 0 aliphatic heterocycles. The second-order valence-electron chi connectivity index (χ2n) is 5.79. The average Bonchev–Trinajstić information content (AvgIpc) is 2.72. The molecule has 1 N–H and O–H groups in total. The van der Waals surface area contributed by atoms with Crippen LogP contribution in [0.1, 0.15) is 11.1 Å². The number of hydrogen-bond donors (Lipinski definition) is 1. The van der Waals surface area contributed by atoms with Gasteiger partial charge in [0.1, 0.15) is 0 Å². The number of nitro groups is 1. The molecule has 1 amide bonds. The van der Waals surface area contributed by atoms with E-state index in [9.17, 15) is 19.7 Å². The van der Waals surface area contributed by atoms with Gasteiger partial charge in [-0.1, -0.05) is 23.7 Å². The van der Waals surface area contributed by atoms with Crippen molar-refractivity contribution in [1.82, 2.24) is 5.43 Å². The largest absolute Gasteiger partial charge is 0.493 e. The molecule has 0 saturated heterocycles. The number of rotatable bonds is 9. The quantitative estimate of drug-likeness (QED) is 0.277. The maximum atomic E-state index is 12.0. The molecule has 0 fully saturated rings. The number of nitro benzene ring substituents is 1. The highest BCUT2D eigenvalue weighted by Crippen LogP contribution is 2.36. The van der Waals surface area contributed by atoms with Gasteiger partial charge < -0.3 is 14.2 Å². The minimum absolute atomic E-state index is 0.000280. The Morgan fingerprint density at radius 2 is 1.93 bits per heavy atom. The number of amides is 1. The van der Waals surface area contributed by atoms with E-state index in [4.69, 9.17) is 21.1 Å². The number of halogens is 1. The number of carbonyl (C=O) groups excluding carboxylic acids is 2. The summed E-state index contributed by atoms with van der Waals surface area (Å²) in [7, 11) is 2.64. The Hall–Kier alpha value is -3.66. The SMILES string of the molecule is COC(=O)COc1c(Cl)cc(/C=N\NC(=O)Cc2ccc([N+](=O)[O-])cc2)cc1OC. The van der Waals surface area contributed by atoms with Gasteiger partial charge in [0.2, 0.25) is 5.91 Å². The molecule has 158 valence electrons. The van der Waals surface area contributed by atoms with Gasteiger partial charge in [0.15, 0.2) is 18.1 Å². The van der Waals surface area contributed by atoms with Crippen LogP contribution < -0.4 is 14.9 Å². The third-order valence-electron chi connectivity index (χ3n) is 3.73. The number of benzene rings is 2. The van der Waals surface area contributed by atoms with Crippen LogP contribution in [0.4, 0.5) is 5.69 Å². The lowest BCUT2D eigenvalue weighted by atomic mass is 10.1. The van der Waals surface area contributed by atoms with Crippen LogP contribution in [0, 0.1) is 10.1 Å². The lowest BCUT2D eigenvalue weighted by molar-refractivity contribution is -0.384. The third-order valence-corrected chi connectivity index (χ3v) is 4.01. The number of ether oxygens (including phenoxy) is 3. The standard InChI is InChI=1S/C19H18ClN3O7/c1-28-16-8-13(7-15(20)19(16)30-11-18(25)29-2)10-21-22-17(24)9-12-3-5-14(6-4-12)23(26)27/h3-8,10H,9,11H2,1-2H3,(H,22,24)/b21-10-. The normalized spacial score (nSPS) is 10.5. The first kappa shape index (κ1) is 22.6. The highest BCUT2D eigenvalue weighted by molar-refractivity contribution is 6.32. The number of nitrogens with zero attached hydrogens (tertiary/aromatic N) is 2. The van der Waals surface area contributed by atoms with Gasteiger partial charge in [0.25, 0.3) is 5.69 Å². The van der Waals surface area contributed by atoms with Crippen molar-refractivity contribution in [3.8, 4) is 11.5 Å². The lowest BCUT2D eigenvalue weighted by Gasteiger charge is -2.12. The summed E-state index contributed by atoms with van der Waals surface area (Å²) in [5, 5.41) is 14.7. The molecule has 0 heterocycles. The number of nitrogens with one attached hydrogen (secondary N) is 1. The smallest absolute Gasteiger partial charge is 0.343 e. The van der Waals surface area contributed by atoms with E-state index in [1.165, 1.54) is 50.8 Å². The molecule has 0 saturated carbocycles. The first-order chi connectivity index (χ1) is 14.3. The molecule has 10 nitrogen and oxygen atoms in total. The molecular formula is C19H18ClN3O7. The number of hydrazone groups is 1. The second kappa shape index (κ2) is 10.8. The summed E-state index contributed by atoms with van der Waals surface area (Å²) in [4.78, 5) is 33.3. The van der Waals surface area contributed by atoms with Crippen molar-refractivity contribution < 1.29 is 28.7 Å². The summed E-state index contributed by atoms with van der Waals surface area (Å²) < 4.78 is 15.0. The van der Waals surface area contributed by atoms with E-state index in [1.807, 2.05) is 0 Å². The number of carbonyl (C=O) groups is 2. The van der Waals surface area contributed by atoms with Crippen LogP contribution in [-0.2, 0) is 20.7 Å². The Morgan fingerprint density at radius 1 is 1.23 bits per heavy atom. The summed E-state index contributed by atoms with van der Waals surface area (Å²) in [6.07, 6.45) is 1.35. The van der Waals surface area contributed by atoms with Gasteiger partial charge in [-0.2, -0.15) is 5.10 Å². The highest BCUT2D eigenvalue weighted by atomic mass is 35.5. The number of methoxy groups -OCH3 is 2. The summed E-state index contributed by atoms with van der Waals surface area (Å²) in [6, 6.07) is 8.72. The molecular weight excluding hydrogens is 418 g/mol. The van der Waals surface area contributed by atoms with Crippen molar-refractivity contribution in [3.63, 3.8) is 0 Å². The minimum atomic E-state index is -0.575. The molecule has 0 bridgehead atoms. The molecule has 0 atom stereocenters. The molecule has 2 aromatic rings. The molecule has 0 aliphatic carbocycles. The Morgan fingerprint density at radius 3 is 2.53 bits per heavy atom. The lowest BCUT2D eigenvalue weighted by Crippen LogP contribution is -2.19. The van der Waals surface area contributed by atoms with Crippen LogP contribution in [0.15, 0.2) is 41.5 Å². The van der Waals surface area contributed by atoms with Crippen molar-refractivity contribution >= 4 is 35.4 Å². The van der Waals surface area contributed by atoms with E-state index in [2.05, 4.69) is 15.3 Å². The molecule has 2 rings (SSSR count). The van der Waals surface area contributed by atoms with Crippen molar-refractivity contribution in [3.05, 3.63) is 62.7 Å². The third kappa shape index (κ3) is 6.45. The summed E-state index contributed by atoms with van der Waals surface area (Å²) >= 11 is 6.17. The Balaban J connectivity index is 1.99. The van der Waals surface area contributed by atoms with E-state index in [1.54, 1.807) is 6.07 Å².